The van der Waals surface area contributed by atoms with Crippen LogP contribution in [0, 0.1) is 11.8 Å². The summed E-state index contributed by atoms with van der Waals surface area (Å²) in [5, 5.41) is 1.06. The number of benzene rings is 2. The van der Waals surface area contributed by atoms with Crippen LogP contribution in [0.1, 0.15) is 49.0 Å². The number of hydrogen-bond acceptors (Lipinski definition) is 3. The molecule has 3 aromatic rings. The fraction of sp³-hybridized carbons (Fsp3) is 0.407. The predicted octanol–water partition coefficient (Wildman–Crippen LogP) is 5.37. The molecule has 33 heavy (non-hydrogen) atoms. The van der Waals surface area contributed by atoms with Crippen molar-refractivity contribution in [1.29, 1.82) is 0 Å². The van der Waals surface area contributed by atoms with Gasteiger partial charge in [0.25, 0.3) is 5.91 Å². The highest BCUT2D eigenvalue weighted by molar-refractivity contribution is 6.07. The molecule has 3 N–H and O–H groups in total. The number of nitrogens with zero attached hydrogens (tertiary/aromatic N) is 1. The Kier molecular flexibility index (Phi) is 7.02. The van der Waals surface area contributed by atoms with Gasteiger partial charge in [0.05, 0.1) is 17.7 Å². The lowest BCUT2D eigenvalue weighted by atomic mass is 9.90. The molecule has 0 radical (unpaired) electrons. The zero-order valence-corrected chi connectivity index (χ0v) is 19.5. The van der Waals surface area contributed by atoms with E-state index in [0.717, 1.165) is 60.8 Å². The number of H-pyrrole nitrogens is 1. The van der Waals surface area contributed by atoms with Crippen molar-refractivity contribution >= 4 is 22.9 Å². The highest BCUT2D eigenvalue weighted by Crippen LogP contribution is 2.31. The molecule has 0 aliphatic carbocycles. The Morgan fingerprint density at radius 2 is 1.85 bits per heavy atom. The molecule has 1 saturated heterocycles. The second-order valence-electron chi connectivity index (χ2n) is 9.43. The zero-order chi connectivity index (χ0) is 23.4. The minimum Gasteiger partial charge on any atom is -0.449 e. The van der Waals surface area contributed by atoms with E-state index in [9.17, 15) is 9.59 Å². The largest absolute Gasteiger partial charge is 0.449 e. The first-order valence-corrected chi connectivity index (χ1v) is 11.8. The zero-order valence-electron chi connectivity index (χ0n) is 19.5. The number of amides is 2. The first kappa shape index (κ1) is 22.9. The van der Waals surface area contributed by atoms with Gasteiger partial charge < -0.3 is 20.4 Å². The fourth-order valence-electron chi connectivity index (χ4n) is 4.58. The summed E-state index contributed by atoms with van der Waals surface area (Å²) in [4.78, 5) is 29.4. The molecule has 2 heterocycles. The summed E-state index contributed by atoms with van der Waals surface area (Å²) >= 11 is 0. The standard InChI is InChI=1S/C27H33N3O3/c1-18(2)17-33-27(32)30-12-10-19(11-13-30)8-9-21-16-29-25-23(21)14-22(15-24(25)26(28)31)20-6-4-3-5-7-20/h3-7,14-16,18-19,29H,8-13,17H2,1-2H3,(H2,28,31). The molecular weight excluding hydrogens is 414 g/mol. The molecule has 2 amide bonds. The maximum atomic E-state index is 12.2. The van der Waals surface area contributed by atoms with Crippen LogP contribution in [-0.2, 0) is 11.2 Å². The maximum Gasteiger partial charge on any atom is 0.409 e. The fourth-order valence-corrected chi connectivity index (χ4v) is 4.58. The number of nitrogens with two attached hydrogens (primary N) is 1. The van der Waals surface area contributed by atoms with Crippen LogP contribution in [0.25, 0.3) is 22.0 Å². The van der Waals surface area contributed by atoms with Gasteiger partial charge >= 0.3 is 6.09 Å². The molecule has 0 unspecified atom stereocenters. The van der Waals surface area contributed by atoms with Crippen molar-refractivity contribution in [2.45, 2.75) is 39.5 Å². The molecule has 1 aliphatic heterocycles. The quantitative estimate of drug-likeness (QED) is 0.510. The monoisotopic (exact) mass is 447 g/mol. The molecule has 0 atom stereocenters. The SMILES string of the molecule is CC(C)COC(=O)N1CCC(CCc2c[nH]c3c(C(N)=O)cc(-c4ccccc4)cc23)CC1. The van der Waals surface area contributed by atoms with Crippen molar-refractivity contribution in [3.05, 3.63) is 59.8 Å². The third-order valence-electron chi connectivity index (χ3n) is 6.48. The Morgan fingerprint density at radius 3 is 2.52 bits per heavy atom. The highest BCUT2D eigenvalue weighted by Gasteiger charge is 2.24. The van der Waals surface area contributed by atoms with E-state index < -0.39 is 5.91 Å². The van der Waals surface area contributed by atoms with Crippen molar-refractivity contribution in [3.63, 3.8) is 0 Å². The summed E-state index contributed by atoms with van der Waals surface area (Å²) in [6, 6.07) is 14.1. The molecule has 0 bridgehead atoms. The molecule has 1 aromatic heterocycles. The van der Waals surface area contributed by atoms with E-state index in [0.29, 0.717) is 24.0 Å². The van der Waals surface area contributed by atoms with Crippen LogP contribution in [0.15, 0.2) is 48.7 Å². The van der Waals surface area contributed by atoms with Gasteiger partial charge in [0.2, 0.25) is 0 Å². The van der Waals surface area contributed by atoms with Crippen LogP contribution < -0.4 is 5.73 Å². The molecule has 0 spiro atoms. The summed E-state index contributed by atoms with van der Waals surface area (Å²) in [6.07, 6.45) is 5.75. The van der Waals surface area contributed by atoms with Gasteiger partial charge in [0.1, 0.15) is 0 Å². The molecule has 2 aromatic carbocycles. The van der Waals surface area contributed by atoms with Gasteiger partial charge in [0, 0.05) is 24.7 Å². The Morgan fingerprint density at radius 1 is 1.12 bits per heavy atom. The number of aromatic amines is 1. The van der Waals surface area contributed by atoms with Crippen LogP contribution >= 0.6 is 0 Å². The van der Waals surface area contributed by atoms with Gasteiger partial charge in [0.15, 0.2) is 0 Å². The summed E-state index contributed by atoms with van der Waals surface area (Å²) in [5.74, 6) is 0.486. The Hall–Kier alpha value is -3.28. The molecule has 6 heteroatoms. The van der Waals surface area contributed by atoms with Crippen LogP contribution in [0.3, 0.4) is 0 Å². The molecule has 0 saturated carbocycles. The lowest BCUT2D eigenvalue weighted by Crippen LogP contribution is -2.39. The predicted molar refractivity (Wildman–Crippen MR) is 131 cm³/mol. The second-order valence-corrected chi connectivity index (χ2v) is 9.43. The molecule has 1 fully saturated rings. The third-order valence-corrected chi connectivity index (χ3v) is 6.48. The average Bonchev–Trinajstić information content (AvgIpc) is 3.24. The summed E-state index contributed by atoms with van der Waals surface area (Å²) in [7, 11) is 0. The van der Waals surface area contributed by atoms with Crippen molar-refractivity contribution < 1.29 is 14.3 Å². The lowest BCUT2D eigenvalue weighted by molar-refractivity contribution is 0.0783. The topological polar surface area (TPSA) is 88.4 Å². The number of rotatable bonds is 7. The van der Waals surface area contributed by atoms with Crippen LogP contribution in [0.5, 0.6) is 0 Å². The van der Waals surface area contributed by atoms with Gasteiger partial charge in [-0.05, 0) is 66.3 Å². The van der Waals surface area contributed by atoms with Gasteiger partial charge in [-0.15, -0.1) is 0 Å². The normalized spacial score (nSPS) is 14.7. The summed E-state index contributed by atoms with van der Waals surface area (Å²) < 4.78 is 5.37. The number of ether oxygens (including phenoxy) is 1. The Bertz CT molecular complexity index is 1110. The van der Waals surface area contributed by atoms with E-state index >= 15 is 0 Å². The number of aryl methyl sites for hydroxylation is 1. The minimum absolute atomic E-state index is 0.189. The number of nitrogens with one attached hydrogen (secondary N) is 1. The van der Waals surface area contributed by atoms with Gasteiger partial charge in [-0.1, -0.05) is 44.2 Å². The first-order valence-electron chi connectivity index (χ1n) is 11.8. The average molecular weight is 448 g/mol. The molecule has 6 nitrogen and oxygen atoms in total. The Labute approximate surface area is 195 Å². The number of likely N-dealkylation sites (tertiary alicyclic amines) is 1. The van der Waals surface area contributed by atoms with E-state index in [-0.39, 0.29) is 6.09 Å². The number of piperidine rings is 1. The maximum absolute atomic E-state index is 12.2. The van der Waals surface area contributed by atoms with Crippen molar-refractivity contribution in [1.82, 2.24) is 9.88 Å². The molecule has 174 valence electrons. The highest BCUT2D eigenvalue weighted by atomic mass is 16.6. The van der Waals surface area contributed by atoms with Gasteiger partial charge in [-0.25, -0.2) is 4.79 Å². The van der Waals surface area contributed by atoms with E-state index in [1.807, 2.05) is 61.3 Å². The number of hydrogen-bond donors (Lipinski definition) is 2. The van der Waals surface area contributed by atoms with E-state index in [2.05, 4.69) is 11.1 Å². The minimum atomic E-state index is -0.428. The van der Waals surface area contributed by atoms with Crippen molar-refractivity contribution in [3.8, 4) is 11.1 Å². The van der Waals surface area contributed by atoms with Gasteiger partial charge in [-0.3, -0.25) is 4.79 Å². The molecular formula is C27H33N3O3. The van der Waals surface area contributed by atoms with Crippen LogP contribution in [-0.4, -0.2) is 41.6 Å². The number of fused-ring (bicyclic) bond motifs is 1. The summed E-state index contributed by atoms with van der Waals surface area (Å²) in [6.45, 7) is 6.05. The van der Waals surface area contributed by atoms with E-state index in [4.69, 9.17) is 10.5 Å². The van der Waals surface area contributed by atoms with Crippen molar-refractivity contribution in [2.24, 2.45) is 17.6 Å². The third kappa shape index (κ3) is 5.38. The Balaban J connectivity index is 1.44. The van der Waals surface area contributed by atoms with E-state index in [1.165, 1.54) is 5.56 Å². The number of primary amides is 1. The van der Waals surface area contributed by atoms with Crippen LogP contribution in [0.4, 0.5) is 4.79 Å². The van der Waals surface area contributed by atoms with Gasteiger partial charge in [-0.2, -0.15) is 0 Å². The van der Waals surface area contributed by atoms with Crippen molar-refractivity contribution in [2.75, 3.05) is 19.7 Å². The number of carbonyl (C=O) groups is 2. The van der Waals surface area contributed by atoms with E-state index in [1.54, 1.807) is 0 Å². The summed E-state index contributed by atoms with van der Waals surface area (Å²) in [5.41, 5.74) is 10.3. The van der Waals surface area contributed by atoms with Crippen LogP contribution in [0.2, 0.25) is 0 Å². The number of carbonyl (C=O) groups excluding carboxylic acids is 2. The smallest absolute Gasteiger partial charge is 0.409 e. The molecule has 4 rings (SSSR count). The first-order chi connectivity index (χ1) is 15.9. The lowest BCUT2D eigenvalue weighted by Gasteiger charge is -2.31. The number of aromatic nitrogens is 1. The molecule has 1 aliphatic rings. The second kappa shape index (κ2) is 10.1.